The van der Waals surface area contributed by atoms with Crippen molar-refractivity contribution in [2.45, 2.75) is 0 Å². The Morgan fingerprint density at radius 3 is 1.70 bits per heavy atom. The average molecular weight is 482 g/mol. The third-order valence-corrected chi connectivity index (χ3v) is 7.05. The minimum absolute atomic E-state index is 0.125. The molecular weight excluding hydrogens is 462 g/mol. The maximum atomic E-state index is 14.3. The van der Waals surface area contributed by atoms with E-state index in [4.69, 9.17) is 0 Å². The topological polar surface area (TPSA) is 69.5 Å². The van der Waals surface area contributed by atoms with Crippen LogP contribution in [-0.4, -0.2) is 13.9 Å². The Bertz CT molecular complexity index is 2160. The number of imidazole rings is 1. The molecule has 0 aliphatic rings. The molecule has 6 nitrogen and oxygen atoms in total. The fourth-order valence-corrected chi connectivity index (χ4v) is 5.53. The van der Waals surface area contributed by atoms with Gasteiger partial charge in [-0.15, -0.1) is 0 Å². The third kappa shape index (κ3) is 2.96. The Hall–Kier alpha value is -5.23. The Balaban J connectivity index is 1.90. The highest BCUT2D eigenvalue weighted by atomic mass is 16.6. The molecule has 0 atom stereocenters. The summed E-state index contributed by atoms with van der Waals surface area (Å²) >= 11 is 0. The molecule has 0 bridgehead atoms. The second-order valence-electron chi connectivity index (χ2n) is 8.98. The zero-order valence-electron chi connectivity index (χ0n) is 19.5. The molecule has 0 N–H and O–H groups in total. The van der Waals surface area contributed by atoms with Crippen LogP contribution in [0.4, 0.5) is 5.69 Å². The van der Waals surface area contributed by atoms with E-state index in [1.807, 2.05) is 66.7 Å². The molecule has 0 saturated heterocycles. The van der Waals surface area contributed by atoms with Crippen LogP contribution in [0.5, 0.6) is 0 Å². The lowest BCUT2D eigenvalue weighted by atomic mass is 10.0. The second kappa shape index (κ2) is 7.90. The van der Waals surface area contributed by atoms with Crippen LogP contribution in [0.2, 0.25) is 0 Å². The van der Waals surface area contributed by atoms with Gasteiger partial charge in [0.25, 0.3) is 5.69 Å². The van der Waals surface area contributed by atoms with Crippen LogP contribution in [-0.2, 0) is 0 Å². The van der Waals surface area contributed by atoms with E-state index in [1.165, 1.54) is 10.6 Å². The summed E-state index contributed by atoms with van der Waals surface area (Å²) in [5.41, 5.74) is 1.79. The summed E-state index contributed by atoms with van der Waals surface area (Å²) in [5, 5.41) is 17.9. The number of fused-ring (bicyclic) bond motifs is 7. The molecule has 6 heteroatoms. The summed E-state index contributed by atoms with van der Waals surface area (Å²) < 4.78 is 3.17. The standard InChI is InChI=1S/C31H19N3O3/c35-31-32(27-17-7-8-18-28(27)34(36)37)29-19-9-15-25-23-13-4-2-11-21(23)20-10-1-3-12-22(20)24-14-5-6-16-26(24)33(31)30(25)29/h1-19H. The predicted octanol–water partition coefficient (Wildman–Crippen LogP) is 7.17. The largest absolute Gasteiger partial charge is 0.338 e. The lowest BCUT2D eigenvalue weighted by molar-refractivity contribution is -0.384. The number of benzene rings is 5. The summed E-state index contributed by atoms with van der Waals surface area (Å²) in [6.07, 6.45) is 0. The number of rotatable bonds is 2. The molecule has 0 fully saturated rings. The zero-order valence-corrected chi connectivity index (χ0v) is 19.5. The molecule has 0 spiro atoms. The van der Waals surface area contributed by atoms with Gasteiger partial charge in [-0.05, 0) is 39.7 Å². The van der Waals surface area contributed by atoms with E-state index >= 15 is 0 Å². The first-order valence-electron chi connectivity index (χ1n) is 11.9. The van der Waals surface area contributed by atoms with Gasteiger partial charge in [-0.2, -0.15) is 0 Å². The van der Waals surface area contributed by atoms with Crippen molar-refractivity contribution in [2.24, 2.45) is 0 Å². The van der Waals surface area contributed by atoms with Crippen molar-refractivity contribution in [1.29, 1.82) is 0 Å². The predicted molar refractivity (Wildman–Crippen MR) is 148 cm³/mol. The fourth-order valence-electron chi connectivity index (χ4n) is 5.53. The van der Waals surface area contributed by atoms with Crippen molar-refractivity contribution in [3.8, 4) is 5.69 Å². The first kappa shape index (κ1) is 21.1. The zero-order chi connectivity index (χ0) is 25.1. The van der Waals surface area contributed by atoms with Gasteiger partial charge in [0.15, 0.2) is 0 Å². The smallest absolute Gasteiger partial charge is 0.259 e. The van der Waals surface area contributed by atoms with E-state index in [2.05, 4.69) is 24.3 Å². The van der Waals surface area contributed by atoms with Crippen LogP contribution >= 0.6 is 0 Å². The summed E-state index contributed by atoms with van der Waals surface area (Å²) in [6.45, 7) is 0. The van der Waals surface area contributed by atoms with Gasteiger partial charge in [0, 0.05) is 16.8 Å². The minimum atomic E-state index is -0.447. The number of nitrogens with zero attached hydrogens (tertiary/aromatic N) is 3. The van der Waals surface area contributed by atoms with Crippen LogP contribution in [0, 0.1) is 10.1 Å². The van der Waals surface area contributed by atoms with Crippen molar-refractivity contribution < 1.29 is 4.92 Å². The van der Waals surface area contributed by atoms with Crippen molar-refractivity contribution in [2.75, 3.05) is 0 Å². The molecule has 7 aromatic rings. The molecule has 0 amide bonds. The van der Waals surface area contributed by atoms with Crippen molar-refractivity contribution >= 4 is 54.6 Å². The van der Waals surface area contributed by atoms with E-state index in [9.17, 15) is 14.9 Å². The molecule has 176 valence electrons. The Morgan fingerprint density at radius 1 is 0.541 bits per heavy atom. The molecule has 37 heavy (non-hydrogen) atoms. The summed E-state index contributed by atoms with van der Waals surface area (Å²) in [5.74, 6) is 0. The van der Waals surface area contributed by atoms with Crippen LogP contribution in [0.25, 0.3) is 54.6 Å². The highest BCUT2D eigenvalue weighted by Gasteiger charge is 2.22. The monoisotopic (exact) mass is 481 g/mol. The van der Waals surface area contributed by atoms with Gasteiger partial charge in [-0.3, -0.25) is 19.1 Å². The van der Waals surface area contributed by atoms with E-state index in [1.54, 1.807) is 22.6 Å². The minimum Gasteiger partial charge on any atom is -0.259 e. The van der Waals surface area contributed by atoms with Gasteiger partial charge in [-0.25, -0.2) is 4.79 Å². The Morgan fingerprint density at radius 2 is 1.03 bits per heavy atom. The molecule has 2 heterocycles. The number of para-hydroxylation sites is 4. The quantitative estimate of drug-likeness (QED) is 0.194. The molecule has 0 unspecified atom stereocenters. The van der Waals surface area contributed by atoms with E-state index in [0.717, 1.165) is 37.8 Å². The fraction of sp³-hybridized carbons (Fsp3) is 0. The Kier molecular flexibility index (Phi) is 4.50. The van der Waals surface area contributed by atoms with Gasteiger partial charge < -0.3 is 0 Å². The van der Waals surface area contributed by atoms with E-state index in [0.29, 0.717) is 11.0 Å². The van der Waals surface area contributed by atoms with Gasteiger partial charge in [-0.1, -0.05) is 91.0 Å². The third-order valence-electron chi connectivity index (χ3n) is 7.05. The molecule has 0 aliphatic heterocycles. The van der Waals surface area contributed by atoms with Crippen molar-refractivity contribution in [3.63, 3.8) is 0 Å². The van der Waals surface area contributed by atoms with Crippen LogP contribution in [0.3, 0.4) is 0 Å². The molecular formula is C31H19N3O3. The lowest BCUT2D eigenvalue weighted by Gasteiger charge is -2.05. The van der Waals surface area contributed by atoms with Crippen molar-refractivity contribution in [3.05, 3.63) is 136 Å². The molecule has 2 aromatic heterocycles. The average Bonchev–Trinajstić information content (AvgIpc) is 3.25. The first-order chi connectivity index (χ1) is 18.1. The van der Waals surface area contributed by atoms with Gasteiger partial charge in [0.2, 0.25) is 0 Å². The van der Waals surface area contributed by atoms with E-state index in [-0.39, 0.29) is 17.1 Å². The SMILES string of the molecule is O=c1n(-c2ccccc2[N+](=O)[O-])c2cccc3c4ccccc4c4ccccc4c4ccccc4n1c32. The summed E-state index contributed by atoms with van der Waals surface area (Å²) in [7, 11) is 0. The van der Waals surface area contributed by atoms with Crippen LogP contribution < -0.4 is 5.69 Å². The van der Waals surface area contributed by atoms with Gasteiger partial charge in [0.1, 0.15) is 5.69 Å². The lowest BCUT2D eigenvalue weighted by Crippen LogP contribution is -2.19. The molecule has 0 aliphatic carbocycles. The number of hydrogen-bond donors (Lipinski definition) is 0. The van der Waals surface area contributed by atoms with Crippen LogP contribution in [0.15, 0.2) is 120 Å². The number of nitro groups is 1. The second-order valence-corrected chi connectivity index (χ2v) is 8.98. The Labute approximate surface area is 210 Å². The summed E-state index contributed by atoms with van der Waals surface area (Å²) in [4.78, 5) is 25.8. The summed E-state index contributed by atoms with van der Waals surface area (Å²) in [6, 6.07) is 36.3. The number of nitro benzene ring substituents is 1. The molecule has 0 radical (unpaired) electrons. The van der Waals surface area contributed by atoms with Gasteiger partial charge >= 0.3 is 5.69 Å². The van der Waals surface area contributed by atoms with Crippen LogP contribution in [0.1, 0.15) is 0 Å². The van der Waals surface area contributed by atoms with Gasteiger partial charge in [0.05, 0.1) is 21.5 Å². The maximum absolute atomic E-state index is 14.3. The maximum Gasteiger partial charge on any atom is 0.338 e. The molecule has 0 saturated carbocycles. The van der Waals surface area contributed by atoms with Crippen molar-refractivity contribution in [1.82, 2.24) is 8.97 Å². The first-order valence-corrected chi connectivity index (χ1v) is 11.9. The molecule has 5 aromatic carbocycles. The molecule has 7 rings (SSSR count). The number of hydrogen-bond acceptors (Lipinski definition) is 3. The number of aromatic nitrogens is 2. The normalized spacial score (nSPS) is 11.6. The highest BCUT2D eigenvalue weighted by molar-refractivity contribution is 6.20. The highest BCUT2D eigenvalue weighted by Crippen LogP contribution is 2.34. The van der Waals surface area contributed by atoms with E-state index < -0.39 is 4.92 Å².